The molecule has 0 saturated carbocycles. The minimum absolute atomic E-state index is 0.0510. The standard InChI is InChI=1S/C18H12BNO2/c21-19-11-8-9-14-13(10-11)12-4-3-7-17-18(12)20(14)15-5-1-2-6-16(15)22-17/h1-10,19,21H. The predicted molar refractivity (Wildman–Crippen MR) is 89.9 cm³/mol. The van der Waals surface area contributed by atoms with Gasteiger partial charge in [-0.05, 0) is 24.3 Å². The summed E-state index contributed by atoms with van der Waals surface area (Å²) in [4.78, 5) is 0. The summed E-state index contributed by atoms with van der Waals surface area (Å²) in [5, 5.41) is 11.7. The van der Waals surface area contributed by atoms with Gasteiger partial charge in [0.05, 0.1) is 16.7 Å². The van der Waals surface area contributed by atoms with Crippen molar-refractivity contribution in [1.29, 1.82) is 0 Å². The van der Waals surface area contributed by atoms with Crippen molar-refractivity contribution in [2.45, 2.75) is 0 Å². The van der Waals surface area contributed by atoms with Crippen LogP contribution in [0.1, 0.15) is 0 Å². The summed E-state index contributed by atoms with van der Waals surface area (Å²) in [5.74, 6) is 1.74. The molecule has 1 aliphatic rings. The molecule has 4 aromatic rings. The summed E-state index contributed by atoms with van der Waals surface area (Å²) in [5.41, 5.74) is 4.20. The first-order chi connectivity index (χ1) is 10.9. The Morgan fingerprint density at radius 1 is 0.864 bits per heavy atom. The van der Waals surface area contributed by atoms with Crippen LogP contribution in [0, 0.1) is 0 Å². The number of ether oxygens (including phenoxy) is 1. The van der Waals surface area contributed by atoms with E-state index in [1.54, 1.807) is 0 Å². The van der Waals surface area contributed by atoms with E-state index in [2.05, 4.69) is 28.8 Å². The number of hydrogen-bond acceptors (Lipinski definition) is 2. The van der Waals surface area contributed by atoms with Crippen LogP contribution in [0.4, 0.5) is 0 Å². The Labute approximate surface area is 127 Å². The third kappa shape index (κ3) is 1.40. The SMILES string of the molecule is OBc1ccc2c(c1)c1cccc3c1n2-c1ccccc1O3. The molecule has 3 nitrogen and oxygen atoms in total. The molecule has 2 heterocycles. The van der Waals surface area contributed by atoms with Gasteiger partial charge in [-0.15, -0.1) is 0 Å². The molecule has 0 bridgehead atoms. The molecule has 0 amide bonds. The molecular weight excluding hydrogens is 273 g/mol. The molecule has 1 aromatic heterocycles. The van der Waals surface area contributed by atoms with Crippen LogP contribution >= 0.6 is 0 Å². The topological polar surface area (TPSA) is 34.4 Å². The highest BCUT2D eigenvalue weighted by molar-refractivity contribution is 6.46. The maximum atomic E-state index is 9.43. The predicted octanol–water partition coefficient (Wildman–Crippen LogP) is 2.86. The number of benzene rings is 3. The van der Waals surface area contributed by atoms with Crippen molar-refractivity contribution in [2.24, 2.45) is 0 Å². The van der Waals surface area contributed by atoms with Gasteiger partial charge >= 0.3 is 7.48 Å². The molecular formula is C18H12BNO2. The van der Waals surface area contributed by atoms with E-state index in [9.17, 15) is 5.02 Å². The lowest BCUT2D eigenvalue weighted by molar-refractivity contribution is 0.476. The van der Waals surface area contributed by atoms with Crippen LogP contribution in [-0.4, -0.2) is 17.1 Å². The number of rotatable bonds is 1. The Hall–Kier alpha value is -2.72. The van der Waals surface area contributed by atoms with E-state index in [1.807, 2.05) is 36.4 Å². The molecule has 0 atom stereocenters. The molecule has 0 radical (unpaired) electrons. The van der Waals surface area contributed by atoms with Gasteiger partial charge in [0, 0.05) is 10.8 Å². The Kier molecular flexibility index (Phi) is 2.24. The molecule has 0 fully saturated rings. The van der Waals surface area contributed by atoms with Crippen molar-refractivity contribution in [2.75, 3.05) is 0 Å². The average molecular weight is 285 g/mol. The summed E-state index contributed by atoms with van der Waals surface area (Å²) in [6.07, 6.45) is 0. The van der Waals surface area contributed by atoms with E-state index in [0.29, 0.717) is 0 Å². The summed E-state index contributed by atoms with van der Waals surface area (Å²) in [7, 11) is 0.0510. The highest BCUT2D eigenvalue weighted by Gasteiger charge is 2.22. The van der Waals surface area contributed by atoms with Gasteiger partial charge in [-0.2, -0.15) is 0 Å². The zero-order valence-corrected chi connectivity index (χ0v) is 11.8. The third-order valence-corrected chi connectivity index (χ3v) is 4.32. The van der Waals surface area contributed by atoms with E-state index in [1.165, 1.54) is 0 Å². The number of fused-ring (bicyclic) bond motifs is 5. The quantitative estimate of drug-likeness (QED) is 0.481. The van der Waals surface area contributed by atoms with Crippen LogP contribution in [0.5, 0.6) is 11.5 Å². The van der Waals surface area contributed by atoms with Crippen molar-refractivity contribution < 1.29 is 9.76 Å². The average Bonchev–Trinajstić information content (AvgIpc) is 2.91. The molecule has 1 aliphatic heterocycles. The molecule has 1 N–H and O–H groups in total. The Morgan fingerprint density at radius 3 is 2.64 bits per heavy atom. The molecule has 0 aliphatic carbocycles. The number of nitrogens with zero attached hydrogens (tertiary/aromatic N) is 1. The van der Waals surface area contributed by atoms with Crippen LogP contribution in [0.3, 0.4) is 0 Å². The molecule has 104 valence electrons. The first kappa shape index (κ1) is 11.9. The van der Waals surface area contributed by atoms with Gasteiger partial charge in [0.25, 0.3) is 0 Å². The Balaban J connectivity index is 2.04. The van der Waals surface area contributed by atoms with Gasteiger partial charge in [0.1, 0.15) is 0 Å². The maximum Gasteiger partial charge on any atom is 0.304 e. The fourth-order valence-electron chi connectivity index (χ4n) is 3.36. The van der Waals surface area contributed by atoms with Gasteiger partial charge in [-0.25, -0.2) is 0 Å². The summed E-state index contributed by atoms with van der Waals surface area (Å²) in [6, 6.07) is 20.3. The monoisotopic (exact) mass is 285 g/mol. The van der Waals surface area contributed by atoms with E-state index in [4.69, 9.17) is 4.74 Å². The van der Waals surface area contributed by atoms with Gasteiger partial charge in [-0.3, -0.25) is 0 Å². The van der Waals surface area contributed by atoms with E-state index in [-0.39, 0.29) is 7.48 Å². The third-order valence-electron chi connectivity index (χ3n) is 4.32. The summed E-state index contributed by atoms with van der Waals surface area (Å²) >= 11 is 0. The second kappa shape index (κ2) is 4.15. The lowest BCUT2D eigenvalue weighted by Crippen LogP contribution is -2.12. The van der Waals surface area contributed by atoms with E-state index in [0.717, 1.165) is 44.5 Å². The first-order valence-electron chi connectivity index (χ1n) is 7.31. The fraction of sp³-hybridized carbons (Fsp3) is 0. The molecule has 22 heavy (non-hydrogen) atoms. The van der Waals surface area contributed by atoms with Crippen molar-refractivity contribution in [3.63, 3.8) is 0 Å². The van der Waals surface area contributed by atoms with Crippen molar-refractivity contribution in [3.05, 3.63) is 60.7 Å². The minimum atomic E-state index is 0.0510. The summed E-state index contributed by atoms with van der Waals surface area (Å²) in [6.45, 7) is 0. The molecule has 0 unspecified atom stereocenters. The second-order valence-corrected chi connectivity index (χ2v) is 5.57. The van der Waals surface area contributed by atoms with Crippen LogP contribution in [0.2, 0.25) is 0 Å². The molecule has 3 aromatic carbocycles. The van der Waals surface area contributed by atoms with E-state index < -0.39 is 0 Å². The fourth-order valence-corrected chi connectivity index (χ4v) is 3.36. The van der Waals surface area contributed by atoms with Gasteiger partial charge in [-0.1, -0.05) is 41.9 Å². The lowest BCUT2D eigenvalue weighted by atomic mass is 9.88. The van der Waals surface area contributed by atoms with Crippen LogP contribution in [-0.2, 0) is 0 Å². The number of aromatic nitrogens is 1. The van der Waals surface area contributed by atoms with Crippen molar-refractivity contribution in [1.82, 2.24) is 4.57 Å². The smallest absolute Gasteiger partial charge is 0.304 e. The van der Waals surface area contributed by atoms with Gasteiger partial charge in [0.15, 0.2) is 11.5 Å². The van der Waals surface area contributed by atoms with Crippen LogP contribution in [0.25, 0.3) is 27.5 Å². The zero-order chi connectivity index (χ0) is 14.7. The van der Waals surface area contributed by atoms with Crippen LogP contribution in [0.15, 0.2) is 60.7 Å². The van der Waals surface area contributed by atoms with Crippen LogP contribution < -0.4 is 10.2 Å². The summed E-state index contributed by atoms with van der Waals surface area (Å²) < 4.78 is 8.32. The highest BCUT2D eigenvalue weighted by atomic mass is 16.5. The molecule has 0 spiro atoms. The Morgan fingerprint density at radius 2 is 1.73 bits per heavy atom. The Bertz CT molecular complexity index is 1050. The number of hydrogen-bond donors (Lipinski definition) is 1. The number of para-hydroxylation sites is 3. The largest absolute Gasteiger partial charge is 0.453 e. The minimum Gasteiger partial charge on any atom is -0.453 e. The molecule has 5 rings (SSSR count). The second-order valence-electron chi connectivity index (χ2n) is 5.57. The van der Waals surface area contributed by atoms with E-state index >= 15 is 0 Å². The normalized spacial score (nSPS) is 12.2. The van der Waals surface area contributed by atoms with Gasteiger partial charge in [0.2, 0.25) is 0 Å². The first-order valence-corrected chi connectivity index (χ1v) is 7.31. The van der Waals surface area contributed by atoms with Crippen molar-refractivity contribution >= 4 is 34.8 Å². The van der Waals surface area contributed by atoms with Gasteiger partial charge < -0.3 is 14.3 Å². The zero-order valence-electron chi connectivity index (χ0n) is 11.8. The maximum absolute atomic E-state index is 9.43. The van der Waals surface area contributed by atoms with Crippen molar-refractivity contribution in [3.8, 4) is 17.2 Å². The highest BCUT2D eigenvalue weighted by Crippen LogP contribution is 2.44. The lowest BCUT2D eigenvalue weighted by Gasteiger charge is -2.20. The molecule has 4 heteroatoms. The molecule has 0 saturated heterocycles.